The van der Waals surface area contributed by atoms with Gasteiger partial charge in [0.05, 0.1) is 10.7 Å². The molecule has 2 rings (SSSR count). The lowest BCUT2D eigenvalue weighted by atomic mass is 9.90. The first-order valence-corrected chi connectivity index (χ1v) is 8.88. The number of nitrogens with zero attached hydrogens (tertiary/aromatic N) is 1. The Morgan fingerprint density at radius 2 is 1.73 bits per heavy atom. The predicted octanol–water partition coefficient (Wildman–Crippen LogP) is 4.58. The zero-order valence-electron chi connectivity index (χ0n) is 15.9. The van der Waals surface area contributed by atoms with Gasteiger partial charge in [0.1, 0.15) is 5.41 Å². The third kappa shape index (κ3) is 4.44. The molecule has 2 aromatic rings. The van der Waals surface area contributed by atoms with E-state index in [1.165, 1.54) is 0 Å². The minimum atomic E-state index is -1.22. The minimum absolute atomic E-state index is 0.250. The summed E-state index contributed by atoms with van der Waals surface area (Å²) in [4.78, 5) is 27.2. The topological polar surface area (TPSA) is 49.4 Å². The third-order valence-electron chi connectivity index (χ3n) is 4.38. The van der Waals surface area contributed by atoms with Gasteiger partial charge in [-0.05, 0) is 50.5 Å². The summed E-state index contributed by atoms with van der Waals surface area (Å²) in [6.45, 7) is 7.52. The molecule has 0 saturated carbocycles. The molecule has 0 heterocycles. The summed E-state index contributed by atoms with van der Waals surface area (Å²) in [6.07, 6.45) is 0. The highest BCUT2D eigenvalue weighted by molar-refractivity contribution is 6.34. The number of nitrogens with one attached hydrogen (secondary N) is 1. The van der Waals surface area contributed by atoms with Crippen LogP contribution in [0.1, 0.15) is 30.5 Å². The minimum Gasteiger partial charge on any atom is -0.341 e. The SMILES string of the molecule is Cc1cc(C)c(NC(=O)C(C)(C)C(=O)N(C)Cc2ccccc2)c(Cl)c1. The standard InChI is InChI=1S/C21H25ClN2O2/c1-14-11-15(2)18(17(22)12-14)23-19(25)21(3,4)20(26)24(5)13-16-9-7-6-8-10-16/h6-12H,13H2,1-5H3,(H,23,25). The highest BCUT2D eigenvalue weighted by Gasteiger charge is 2.38. The summed E-state index contributed by atoms with van der Waals surface area (Å²) in [6, 6.07) is 13.4. The molecule has 2 aromatic carbocycles. The quantitative estimate of drug-likeness (QED) is 0.781. The van der Waals surface area contributed by atoms with E-state index in [4.69, 9.17) is 11.6 Å². The number of carbonyl (C=O) groups excluding carboxylic acids is 2. The lowest BCUT2D eigenvalue weighted by Crippen LogP contribution is -2.45. The van der Waals surface area contributed by atoms with Crippen molar-refractivity contribution >= 4 is 29.1 Å². The fourth-order valence-corrected chi connectivity index (χ4v) is 3.22. The molecule has 0 radical (unpaired) electrons. The number of rotatable bonds is 5. The molecule has 0 atom stereocenters. The average Bonchev–Trinajstić information content (AvgIpc) is 2.57. The maximum atomic E-state index is 12.9. The van der Waals surface area contributed by atoms with Crippen molar-refractivity contribution in [1.29, 1.82) is 0 Å². The van der Waals surface area contributed by atoms with E-state index in [2.05, 4.69) is 5.32 Å². The predicted molar refractivity (Wildman–Crippen MR) is 106 cm³/mol. The van der Waals surface area contributed by atoms with Gasteiger partial charge in [0.25, 0.3) is 0 Å². The van der Waals surface area contributed by atoms with Gasteiger partial charge in [-0.1, -0.05) is 48.0 Å². The van der Waals surface area contributed by atoms with Crippen molar-refractivity contribution in [3.8, 4) is 0 Å². The zero-order valence-corrected chi connectivity index (χ0v) is 16.6. The highest BCUT2D eigenvalue weighted by Crippen LogP contribution is 2.30. The van der Waals surface area contributed by atoms with Crippen LogP contribution >= 0.6 is 11.6 Å². The van der Waals surface area contributed by atoms with Crippen molar-refractivity contribution < 1.29 is 9.59 Å². The summed E-state index contributed by atoms with van der Waals surface area (Å²) < 4.78 is 0. The molecule has 0 bridgehead atoms. The van der Waals surface area contributed by atoms with Crippen molar-refractivity contribution in [2.75, 3.05) is 12.4 Å². The van der Waals surface area contributed by atoms with Gasteiger partial charge >= 0.3 is 0 Å². The average molecular weight is 373 g/mol. The molecular weight excluding hydrogens is 348 g/mol. The van der Waals surface area contributed by atoms with E-state index in [9.17, 15) is 9.59 Å². The van der Waals surface area contributed by atoms with Crippen molar-refractivity contribution in [1.82, 2.24) is 4.90 Å². The van der Waals surface area contributed by atoms with Crippen molar-refractivity contribution in [2.45, 2.75) is 34.2 Å². The van der Waals surface area contributed by atoms with Gasteiger partial charge in [0.15, 0.2) is 0 Å². The molecule has 138 valence electrons. The van der Waals surface area contributed by atoms with E-state index in [1.807, 2.05) is 50.2 Å². The largest absolute Gasteiger partial charge is 0.341 e. The number of carbonyl (C=O) groups is 2. The molecule has 5 heteroatoms. The smallest absolute Gasteiger partial charge is 0.239 e. The normalized spacial score (nSPS) is 11.2. The van der Waals surface area contributed by atoms with Gasteiger partial charge in [0, 0.05) is 13.6 Å². The molecule has 0 aromatic heterocycles. The molecule has 0 aliphatic rings. The lowest BCUT2D eigenvalue weighted by Gasteiger charge is -2.29. The number of anilines is 1. The van der Waals surface area contributed by atoms with Gasteiger partial charge in [-0.3, -0.25) is 9.59 Å². The Labute approximate surface area is 160 Å². The van der Waals surface area contributed by atoms with Gasteiger partial charge in [-0.25, -0.2) is 0 Å². The number of amides is 2. The van der Waals surface area contributed by atoms with Crippen LogP contribution < -0.4 is 5.32 Å². The molecule has 0 unspecified atom stereocenters. The molecule has 0 aliphatic carbocycles. The van der Waals surface area contributed by atoms with Crippen LogP contribution in [-0.4, -0.2) is 23.8 Å². The number of hydrogen-bond donors (Lipinski definition) is 1. The number of halogens is 1. The summed E-state index contributed by atoms with van der Waals surface area (Å²) in [7, 11) is 1.70. The van der Waals surface area contributed by atoms with Crippen molar-refractivity contribution in [3.63, 3.8) is 0 Å². The molecule has 0 spiro atoms. The molecule has 0 saturated heterocycles. The monoisotopic (exact) mass is 372 g/mol. The lowest BCUT2D eigenvalue weighted by molar-refractivity contribution is -0.145. The zero-order chi connectivity index (χ0) is 19.5. The Morgan fingerprint density at radius 1 is 1.12 bits per heavy atom. The second-order valence-corrected chi connectivity index (χ2v) is 7.57. The Balaban J connectivity index is 2.15. The maximum absolute atomic E-state index is 12.9. The van der Waals surface area contributed by atoms with Gasteiger partial charge in [0.2, 0.25) is 11.8 Å². The Morgan fingerprint density at radius 3 is 2.31 bits per heavy atom. The van der Waals surface area contributed by atoms with Crippen LogP contribution in [0.3, 0.4) is 0 Å². The summed E-state index contributed by atoms with van der Waals surface area (Å²) in [5.41, 5.74) is 2.22. The van der Waals surface area contributed by atoms with Gasteiger partial charge in [-0.15, -0.1) is 0 Å². The Kier molecular flexibility index (Phi) is 6.09. The Hall–Kier alpha value is -2.33. The molecular formula is C21H25ClN2O2. The fraction of sp³-hybridized carbons (Fsp3) is 0.333. The summed E-state index contributed by atoms with van der Waals surface area (Å²) in [5.74, 6) is -0.629. The molecule has 0 fully saturated rings. The van der Waals surface area contributed by atoms with Gasteiger partial charge in [-0.2, -0.15) is 0 Å². The van der Waals surface area contributed by atoms with E-state index in [1.54, 1.807) is 31.9 Å². The van der Waals surface area contributed by atoms with Crippen LogP contribution in [0.5, 0.6) is 0 Å². The van der Waals surface area contributed by atoms with Crippen LogP contribution in [0.4, 0.5) is 5.69 Å². The van der Waals surface area contributed by atoms with Crippen LogP contribution in [0.25, 0.3) is 0 Å². The van der Waals surface area contributed by atoms with E-state index in [-0.39, 0.29) is 11.8 Å². The fourth-order valence-electron chi connectivity index (χ4n) is 2.85. The van der Waals surface area contributed by atoms with E-state index >= 15 is 0 Å². The van der Waals surface area contributed by atoms with Crippen molar-refractivity contribution in [2.24, 2.45) is 5.41 Å². The molecule has 4 nitrogen and oxygen atoms in total. The van der Waals surface area contributed by atoms with E-state index < -0.39 is 5.41 Å². The molecule has 26 heavy (non-hydrogen) atoms. The highest BCUT2D eigenvalue weighted by atomic mass is 35.5. The first-order valence-electron chi connectivity index (χ1n) is 8.50. The second-order valence-electron chi connectivity index (χ2n) is 7.16. The van der Waals surface area contributed by atoms with Crippen LogP contribution in [-0.2, 0) is 16.1 Å². The first kappa shape index (κ1) is 20.0. The number of benzene rings is 2. The maximum Gasteiger partial charge on any atom is 0.239 e. The number of aryl methyl sites for hydroxylation is 2. The van der Waals surface area contributed by atoms with E-state index in [0.717, 1.165) is 16.7 Å². The Bertz CT molecular complexity index is 793. The van der Waals surface area contributed by atoms with E-state index in [0.29, 0.717) is 17.3 Å². The van der Waals surface area contributed by atoms with Crippen LogP contribution in [0.2, 0.25) is 5.02 Å². The second kappa shape index (κ2) is 7.92. The summed E-state index contributed by atoms with van der Waals surface area (Å²) in [5, 5.41) is 3.30. The third-order valence-corrected chi connectivity index (χ3v) is 4.68. The number of hydrogen-bond acceptors (Lipinski definition) is 2. The molecule has 0 aliphatic heterocycles. The molecule has 2 amide bonds. The summed E-state index contributed by atoms with van der Waals surface area (Å²) >= 11 is 6.27. The van der Waals surface area contributed by atoms with Gasteiger partial charge < -0.3 is 10.2 Å². The molecule has 1 N–H and O–H groups in total. The van der Waals surface area contributed by atoms with Crippen LogP contribution in [0.15, 0.2) is 42.5 Å². The van der Waals surface area contributed by atoms with Crippen LogP contribution in [0, 0.1) is 19.3 Å². The van der Waals surface area contributed by atoms with Crippen molar-refractivity contribution in [3.05, 3.63) is 64.2 Å². The first-order chi connectivity index (χ1) is 12.1.